The van der Waals surface area contributed by atoms with Gasteiger partial charge in [-0.2, -0.15) is 0 Å². The third-order valence-electron chi connectivity index (χ3n) is 3.41. The number of pyridine rings is 1. The molecule has 1 aromatic carbocycles. The summed E-state index contributed by atoms with van der Waals surface area (Å²) in [5, 5.41) is 0.790. The highest BCUT2D eigenvalue weighted by atomic mass is 32.1. The Bertz CT molecular complexity index is 833. The maximum Gasteiger partial charge on any atom is 0.257 e. The zero-order valence-corrected chi connectivity index (χ0v) is 14.0. The van der Waals surface area contributed by atoms with Crippen LogP contribution < -0.4 is 10.5 Å². The molecule has 0 aliphatic rings. The Hall–Kier alpha value is -2.86. The molecule has 24 heavy (non-hydrogen) atoms. The zero-order chi connectivity index (χ0) is 16.9. The van der Waals surface area contributed by atoms with E-state index in [4.69, 9.17) is 10.5 Å². The summed E-state index contributed by atoms with van der Waals surface area (Å²) in [7, 11) is 1.74. The minimum atomic E-state index is -0.153. The van der Waals surface area contributed by atoms with E-state index in [0.717, 1.165) is 15.7 Å². The molecule has 2 aromatic heterocycles. The van der Waals surface area contributed by atoms with E-state index in [0.29, 0.717) is 12.1 Å². The van der Waals surface area contributed by atoms with Crippen LogP contribution in [0.5, 0.6) is 10.8 Å². The van der Waals surface area contributed by atoms with Crippen molar-refractivity contribution in [3.8, 4) is 10.8 Å². The van der Waals surface area contributed by atoms with E-state index in [-0.39, 0.29) is 11.7 Å². The van der Waals surface area contributed by atoms with Crippen molar-refractivity contribution >= 4 is 23.1 Å². The van der Waals surface area contributed by atoms with E-state index in [2.05, 4.69) is 4.98 Å². The van der Waals surface area contributed by atoms with Crippen LogP contribution in [0.3, 0.4) is 0 Å². The Morgan fingerprint density at radius 2 is 1.96 bits per heavy atom. The molecule has 2 N–H and O–H groups in total. The lowest BCUT2D eigenvalue weighted by atomic mass is 10.2. The second-order valence-electron chi connectivity index (χ2n) is 5.23. The highest BCUT2D eigenvalue weighted by Crippen LogP contribution is 2.30. The molecule has 0 atom stereocenters. The standard InChI is InChI=1S/C18H17N3O2S/c1-21(18(22)15-8-5-11-20-17(15)19)12-14-9-10-16(24-14)23-13-6-3-2-4-7-13/h2-11H,12H2,1H3,(H2,19,20). The van der Waals surface area contributed by atoms with Crippen LogP contribution in [0.4, 0.5) is 5.82 Å². The van der Waals surface area contributed by atoms with Crippen LogP contribution in [0.2, 0.25) is 0 Å². The number of amides is 1. The Morgan fingerprint density at radius 3 is 2.71 bits per heavy atom. The molecule has 3 rings (SSSR count). The third kappa shape index (κ3) is 3.72. The second-order valence-corrected chi connectivity index (χ2v) is 6.36. The minimum absolute atomic E-state index is 0.153. The number of benzene rings is 1. The quantitative estimate of drug-likeness (QED) is 0.768. The first-order valence-corrected chi connectivity index (χ1v) is 8.22. The molecule has 0 aliphatic heterocycles. The van der Waals surface area contributed by atoms with E-state index in [1.165, 1.54) is 11.3 Å². The number of aromatic nitrogens is 1. The number of rotatable bonds is 5. The van der Waals surface area contributed by atoms with Crippen molar-refractivity contribution in [2.45, 2.75) is 6.54 Å². The molecule has 1 amide bonds. The molecular formula is C18H17N3O2S. The van der Waals surface area contributed by atoms with E-state index < -0.39 is 0 Å². The lowest BCUT2D eigenvalue weighted by Crippen LogP contribution is -2.26. The Morgan fingerprint density at radius 1 is 1.17 bits per heavy atom. The lowest BCUT2D eigenvalue weighted by molar-refractivity contribution is 0.0787. The van der Waals surface area contributed by atoms with Gasteiger partial charge < -0.3 is 15.4 Å². The number of nitrogen functional groups attached to an aromatic ring is 1. The fraction of sp³-hybridized carbons (Fsp3) is 0.111. The summed E-state index contributed by atoms with van der Waals surface area (Å²) in [6.45, 7) is 0.482. The number of anilines is 1. The van der Waals surface area contributed by atoms with E-state index in [1.54, 1.807) is 30.3 Å². The van der Waals surface area contributed by atoms with Crippen molar-refractivity contribution in [3.63, 3.8) is 0 Å². The normalized spacial score (nSPS) is 10.4. The number of carbonyl (C=O) groups excluding carboxylic acids is 1. The topological polar surface area (TPSA) is 68.5 Å². The fourth-order valence-corrected chi connectivity index (χ4v) is 3.14. The van der Waals surface area contributed by atoms with Crippen molar-refractivity contribution < 1.29 is 9.53 Å². The smallest absolute Gasteiger partial charge is 0.257 e. The van der Waals surface area contributed by atoms with Crippen molar-refractivity contribution in [3.05, 3.63) is 71.2 Å². The summed E-state index contributed by atoms with van der Waals surface area (Å²) < 4.78 is 5.79. The number of nitrogens with zero attached hydrogens (tertiary/aromatic N) is 2. The summed E-state index contributed by atoms with van der Waals surface area (Å²) in [4.78, 5) is 19.0. The van der Waals surface area contributed by atoms with Crippen LogP contribution in [-0.2, 0) is 6.54 Å². The van der Waals surface area contributed by atoms with Gasteiger partial charge in [0, 0.05) is 18.1 Å². The van der Waals surface area contributed by atoms with E-state index >= 15 is 0 Å². The molecule has 2 heterocycles. The van der Waals surface area contributed by atoms with Crippen LogP contribution in [0.1, 0.15) is 15.2 Å². The van der Waals surface area contributed by atoms with Crippen molar-refractivity contribution in [1.29, 1.82) is 0 Å². The third-order valence-corrected chi connectivity index (χ3v) is 4.36. The summed E-state index contributed by atoms with van der Waals surface area (Å²) in [6.07, 6.45) is 1.57. The van der Waals surface area contributed by atoms with Gasteiger partial charge in [0.15, 0.2) is 5.06 Å². The number of thiophene rings is 1. The molecule has 0 spiro atoms. The van der Waals surface area contributed by atoms with Gasteiger partial charge in [-0.15, -0.1) is 11.3 Å². The molecule has 122 valence electrons. The predicted molar refractivity (Wildman–Crippen MR) is 95.3 cm³/mol. The second kappa shape index (κ2) is 7.14. The Balaban J connectivity index is 1.66. The Labute approximate surface area is 144 Å². The molecule has 0 unspecified atom stereocenters. The van der Waals surface area contributed by atoms with Crippen LogP contribution in [-0.4, -0.2) is 22.8 Å². The molecule has 0 saturated carbocycles. The van der Waals surface area contributed by atoms with E-state index in [9.17, 15) is 4.79 Å². The molecular weight excluding hydrogens is 322 g/mol. The van der Waals surface area contributed by atoms with Gasteiger partial charge in [-0.3, -0.25) is 4.79 Å². The van der Waals surface area contributed by atoms with Gasteiger partial charge in [0.05, 0.1) is 12.1 Å². The van der Waals surface area contributed by atoms with Gasteiger partial charge in [-0.05, 0) is 36.4 Å². The highest BCUT2D eigenvalue weighted by Gasteiger charge is 2.16. The molecule has 0 saturated heterocycles. The van der Waals surface area contributed by atoms with Gasteiger partial charge in [0.1, 0.15) is 11.6 Å². The summed E-state index contributed by atoms with van der Waals surface area (Å²) in [6, 6.07) is 16.8. The lowest BCUT2D eigenvalue weighted by Gasteiger charge is -2.16. The highest BCUT2D eigenvalue weighted by molar-refractivity contribution is 7.13. The average molecular weight is 339 g/mol. The van der Waals surface area contributed by atoms with Gasteiger partial charge in [0.2, 0.25) is 0 Å². The van der Waals surface area contributed by atoms with Crippen LogP contribution in [0.15, 0.2) is 60.8 Å². The molecule has 6 heteroatoms. The summed E-state index contributed by atoms with van der Waals surface area (Å²) in [5.74, 6) is 0.881. The number of ether oxygens (including phenoxy) is 1. The molecule has 0 fully saturated rings. The van der Waals surface area contributed by atoms with Gasteiger partial charge in [0.25, 0.3) is 5.91 Å². The monoisotopic (exact) mass is 339 g/mol. The zero-order valence-electron chi connectivity index (χ0n) is 13.2. The fourth-order valence-electron chi connectivity index (χ4n) is 2.21. The first-order valence-electron chi connectivity index (χ1n) is 7.41. The maximum absolute atomic E-state index is 12.4. The molecule has 5 nitrogen and oxygen atoms in total. The number of para-hydroxylation sites is 1. The predicted octanol–water partition coefficient (Wildman–Crippen LogP) is 3.79. The van der Waals surface area contributed by atoms with Gasteiger partial charge in [-0.1, -0.05) is 18.2 Å². The largest absolute Gasteiger partial charge is 0.447 e. The van der Waals surface area contributed by atoms with Gasteiger partial charge >= 0.3 is 0 Å². The Kier molecular flexibility index (Phi) is 4.77. The summed E-state index contributed by atoms with van der Waals surface area (Å²) >= 11 is 1.51. The molecule has 0 aliphatic carbocycles. The van der Waals surface area contributed by atoms with Crippen molar-refractivity contribution in [1.82, 2.24) is 9.88 Å². The van der Waals surface area contributed by atoms with E-state index in [1.807, 2.05) is 42.5 Å². The SMILES string of the molecule is CN(Cc1ccc(Oc2ccccc2)s1)C(=O)c1cccnc1N. The van der Waals surface area contributed by atoms with Crippen LogP contribution >= 0.6 is 11.3 Å². The first-order chi connectivity index (χ1) is 11.6. The van der Waals surface area contributed by atoms with Gasteiger partial charge in [-0.25, -0.2) is 4.98 Å². The number of nitrogens with two attached hydrogens (primary N) is 1. The molecule has 0 bridgehead atoms. The average Bonchev–Trinajstić information content (AvgIpc) is 3.02. The van der Waals surface area contributed by atoms with Crippen LogP contribution in [0, 0.1) is 0 Å². The molecule has 0 radical (unpaired) electrons. The number of hydrogen-bond donors (Lipinski definition) is 1. The number of hydrogen-bond acceptors (Lipinski definition) is 5. The number of carbonyl (C=O) groups is 1. The van der Waals surface area contributed by atoms with Crippen LogP contribution in [0.25, 0.3) is 0 Å². The maximum atomic E-state index is 12.4. The summed E-state index contributed by atoms with van der Waals surface area (Å²) in [5.41, 5.74) is 6.18. The first kappa shape index (κ1) is 16.0. The van der Waals surface area contributed by atoms with Crippen molar-refractivity contribution in [2.75, 3.05) is 12.8 Å². The van der Waals surface area contributed by atoms with Crippen molar-refractivity contribution in [2.24, 2.45) is 0 Å². The minimum Gasteiger partial charge on any atom is -0.447 e. The molecule has 3 aromatic rings.